The Morgan fingerprint density at radius 3 is 1.86 bits per heavy atom. The number of hydrogen-bond donors (Lipinski definition) is 0. The lowest BCUT2D eigenvalue weighted by Crippen LogP contribution is -2.10. The fourth-order valence-corrected chi connectivity index (χ4v) is 10.3. The first-order valence-electron chi connectivity index (χ1n) is 19.7. The number of fused-ring (bicyclic) bond motifs is 9. The Hall–Kier alpha value is -7.40. The number of thiophene rings is 1. The van der Waals surface area contributed by atoms with Gasteiger partial charge in [-0.2, -0.15) is 0 Å². The second-order valence-corrected chi connectivity index (χ2v) is 15.9. The topological polar surface area (TPSA) is 21.3 Å². The molecule has 0 atom stereocenters. The van der Waals surface area contributed by atoms with Crippen LogP contribution in [0.4, 0.5) is 17.1 Å². The molecule has 272 valence electrons. The smallest absolute Gasteiger partial charge is 0.143 e. The van der Waals surface area contributed by atoms with Crippen molar-refractivity contribution in [2.24, 2.45) is 0 Å². The van der Waals surface area contributed by atoms with Crippen LogP contribution in [-0.4, -0.2) is 4.57 Å². The van der Waals surface area contributed by atoms with Gasteiger partial charge in [0, 0.05) is 64.3 Å². The molecular formula is C54H34N2OS. The van der Waals surface area contributed by atoms with Crippen molar-refractivity contribution in [3.8, 4) is 27.9 Å². The number of furan rings is 1. The Morgan fingerprint density at radius 1 is 0.431 bits per heavy atom. The summed E-state index contributed by atoms with van der Waals surface area (Å²) in [4.78, 5) is 2.42. The Balaban J connectivity index is 1.06. The van der Waals surface area contributed by atoms with Gasteiger partial charge in [-0.3, -0.25) is 0 Å². The molecule has 0 fully saturated rings. The van der Waals surface area contributed by atoms with Gasteiger partial charge in [0.25, 0.3) is 0 Å². The first-order valence-corrected chi connectivity index (χ1v) is 20.5. The molecule has 0 saturated heterocycles. The molecular weight excluding hydrogens is 725 g/mol. The Bertz CT molecular complexity index is 3480. The van der Waals surface area contributed by atoms with E-state index < -0.39 is 0 Å². The number of nitrogens with zero attached hydrogens (tertiary/aromatic N) is 2. The van der Waals surface area contributed by atoms with Crippen LogP contribution in [0.1, 0.15) is 0 Å². The molecule has 0 aliphatic rings. The van der Waals surface area contributed by atoms with Crippen LogP contribution in [0.3, 0.4) is 0 Å². The summed E-state index contributed by atoms with van der Waals surface area (Å²) in [6.45, 7) is 0. The predicted molar refractivity (Wildman–Crippen MR) is 247 cm³/mol. The minimum atomic E-state index is 0.902. The SMILES string of the molecule is c1ccc(N(c2cccc(-c3cccc4c3oc3ccccc34)c2)c2ccc(-c3cccc(-n4c5ccccc5c5ccccc54)c3)c3sc4ccccc4c23)cc1. The molecule has 0 saturated carbocycles. The summed E-state index contributed by atoms with van der Waals surface area (Å²) >= 11 is 1.87. The summed E-state index contributed by atoms with van der Waals surface area (Å²) in [5.41, 5.74) is 13.3. The van der Waals surface area contributed by atoms with Gasteiger partial charge in [0.2, 0.25) is 0 Å². The monoisotopic (exact) mass is 758 g/mol. The van der Waals surface area contributed by atoms with Crippen LogP contribution in [0.25, 0.3) is 91.9 Å². The normalized spacial score (nSPS) is 11.8. The molecule has 0 radical (unpaired) electrons. The van der Waals surface area contributed by atoms with Crippen molar-refractivity contribution in [2.75, 3.05) is 4.90 Å². The molecule has 0 amide bonds. The van der Waals surface area contributed by atoms with E-state index in [-0.39, 0.29) is 0 Å². The van der Waals surface area contributed by atoms with E-state index in [0.717, 1.165) is 55.8 Å². The number of anilines is 3. The highest BCUT2D eigenvalue weighted by Crippen LogP contribution is 2.49. The molecule has 4 heteroatoms. The van der Waals surface area contributed by atoms with E-state index in [2.05, 4.69) is 204 Å². The third kappa shape index (κ3) is 5.05. The largest absolute Gasteiger partial charge is 0.455 e. The van der Waals surface area contributed by atoms with Crippen molar-refractivity contribution >= 4 is 92.3 Å². The van der Waals surface area contributed by atoms with Crippen LogP contribution in [0, 0.1) is 0 Å². The second kappa shape index (κ2) is 13.1. The van der Waals surface area contributed by atoms with Gasteiger partial charge in [0.1, 0.15) is 11.2 Å². The van der Waals surface area contributed by atoms with Gasteiger partial charge in [-0.15, -0.1) is 11.3 Å². The summed E-state index contributed by atoms with van der Waals surface area (Å²) in [6.07, 6.45) is 0. The zero-order chi connectivity index (χ0) is 38.2. The Kier molecular flexibility index (Phi) is 7.40. The van der Waals surface area contributed by atoms with Gasteiger partial charge in [-0.05, 0) is 83.4 Å². The molecule has 0 aliphatic heterocycles. The van der Waals surface area contributed by atoms with Crippen molar-refractivity contribution in [1.82, 2.24) is 4.57 Å². The first-order chi connectivity index (χ1) is 28.8. The molecule has 0 N–H and O–H groups in total. The average molecular weight is 759 g/mol. The standard InChI is InChI=1S/C54H34N2OS/c1-2-17-37(18-3-1)55(38-19-12-15-35(33-38)40-25-14-26-45-44-23-6-10-29-50(44)57-53(40)45)49-32-31-41(54-52(49)46-24-7-11-30-51(46)58-54)36-16-13-20-39(34-36)56-47-27-8-4-21-42(47)43-22-5-9-28-48(43)56/h1-34H. The van der Waals surface area contributed by atoms with Crippen LogP contribution in [0.2, 0.25) is 0 Å². The highest BCUT2D eigenvalue weighted by atomic mass is 32.1. The maximum atomic E-state index is 6.52. The van der Waals surface area contributed by atoms with Gasteiger partial charge in [0.05, 0.1) is 16.7 Å². The van der Waals surface area contributed by atoms with E-state index in [1.165, 1.54) is 53.1 Å². The van der Waals surface area contributed by atoms with Crippen molar-refractivity contribution in [1.29, 1.82) is 0 Å². The van der Waals surface area contributed by atoms with Crippen LogP contribution in [0.15, 0.2) is 211 Å². The van der Waals surface area contributed by atoms with E-state index in [0.29, 0.717) is 0 Å². The average Bonchev–Trinajstić information content (AvgIpc) is 3.97. The third-order valence-corrected chi connectivity index (χ3v) is 12.8. The van der Waals surface area contributed by atoms with Crippen LogP contribution in [0.5, 0.6) is 0 Å². The molecule has 3 aromatic heterocycles. The van der Waals surface area contributed by atoms with Crippen LogP contribution >= 0.6 is 11.3 Å². The minimum Gasteiger partial charge on any atom is -0.455 e. The van der Waals surface area contributed by atoms with Gasteiger partial charge in [0.15, 0.2) is 0 Å². The fraction of sp³-hybridized carbons (Fsp3) is 0. The number of benzene rings is 9. The summed E-state index contributed by atoms with van der Waals surface area (Å²) in [6, 6.07) is 74.4. The van der Waals surface area contributed by atoms with E-state index in [1.54, 1.807) is 0 Å². The van der Waals surface area contributed by atoms with Gasteiger partial charge >= 0.3 is 0 Å². The van der Waals surface area contributed by atoms with Crippen molar-refractivity contribution < 1.29 is 4.42 Å². The molecule has 12 aromatic rings. The number of aromatic nitrogens is 1. The fourth-order valence-electron chi connectivity index (χ4n) is 9.03. The number of para-hydroxylation sites is 5. The molecule has 0 unspecified atom stereocenters. The Morgan fingerprint density at radius 2 is 1.05 bits per heavy atom. The van der Waals surface area contributed by atoms with Crippen LogP contribution < -0.4 is 4.90 Å². The summed E-state index contributed by atoms with van der Waals surface area (Å²) in [5, 5.41) is 7.28. The first kappa shape index (κ1) is 32.8. The summed E-state index contributed by atoms with van der Waals surface area (Å²) in [5.74, 6) is 0. The van der Waals surface area contributed by atoms with Gasteiger partial charge in [-0.1, -0.05) is 140 Å². The molecule has 12 rings (SSSR count). The molecule has 3 heterocycles. The van der Waals surface area contributed by atoms with Gasteiger partial charge in [-0.25, -0.2) is 0 Å². The molecule has 0 spiro atoms. The highest BCUT2D eigenvalue weighted by Gasteiger charge is 2.22. The minimum absolute atomic E-state index is 0.902. The third-order valence-electron chi connectivity index (χ3n) is 11.6. The van der Waals surface area contributed by atoms with Gasteiger partial charge < -0.3 is 13.9 Å². The van der Waals surface area contributed by atoms with E-state index in [9.17, 15) is 0 Å². The zero-order valence-electron chi connectivity index (χ0n) is 31.3. The van der Waals surface area contributed by atoms with Crippen molar-refractivity contribution in [3.63, 3.8) is 0 Å². The molecule has 0 bridgehead atoms. The molecule has 58 heavy (non-hydrogen) atoms. The van der Waals surface area contributed by atoms with Crippen molar-refractivity contribution in [2.45, 2.75) is 0 Å². The lowest BCUT2D eigenvalue weighted by Gasteiger charge is -2.27. The predicted octanol–water partition coefficient (Wildman–Crippen LogP) is 15.9. The van der Waals surface area contributed by atoms with E-state index in [4.69, 9.17) is 4.42 Å². The lowest BCUT2D eigenvalue weighted by molar-refractivity contribution is 0.670. The highest BCUT2D eigenvalue weighted by molar-refractivity contribution is 7.26. The quantitative estimate of drug-likeness (QED) is 0.168. The molecule has 3 nitrogen and oxygen atoms in total. The number of rotatable bonds is 6. The second-order valence-electron chi connectivity index (χ2n) is 14.9. The maximum Gasteiger partial charge on any atom is 0.143 e. The lowest BCUT2D eigenvalue weighted by atomic mass is 9.99. The summed E-state index contributed by atoms with van der Waals surface area (Å²) < 4.78 is 11.5. The van der Waals surface area contributed by atoms with Crippen molar-refractivity contribution in [3.05, 3.63) is 206 Å². The Labute approximate surface area is 338 Å². The van der Waals surface area contributed by atoms with E-state index in [1.807, 2.05) is 23.5 Å². The maximum absolute atomic E-state index is 6.52. The zero-order valence-corrected chi connectivity index (χ0v) is 32.2. The molecule has 0 aliphatic carbocycles. The van der Waals surface area contributed by atoms with Crippen LogP contribution in [-0.2, 0) is 0 Å². The number of hydrogen-bond acceptors (Lipinski definition) is 3. The summed E-state index contributed by atoms with van der Waals surface area (Å²) in [7, 11) is 0. The molecule has 9 aromatic carbocycles. The van der Waals surface area contributed by atoms with E-state index >= 15 is 0 Å².